The summed E-state index contributed by atoms with van der Waals surface area (Å²) in [5.74, 6) is -0.379. The molecule has 3 aromatic rings. The Labute approximate surface area is 353 Å². The van der Waals surface area contributed by atoms with Crippen LogP contribution in [0.1, 0.15) is 96.6 Å². The molecule has 7 aliphatic rings. The number of anilines is 2. The predicted octanol–water partition coefficient (Wildman–Crippen LogP) is 4.19. The molecule has 60 heavy (non-hydrogen) atoms. The van der Waals surface area contributed by atoms with Crippen LogP contribution in [-0.4, -0.2) is 113 Å². The van der Waals surface area contributed by atoms with Crippen molar-refractivity contribution in [2.24, 2.45) is 16.7 Å². The van der Waals surface area contributed by atoms with E-state index < -0.39 is 40.5 Å². The number of benzene rings is 2. The van der Waals surface area contributed by atoms with Gasteiger partial charge in [-0.1, -0.05) is 39.3 Å². The molecule has 5 saturated heterocycles. The van der Waals surface area contributed by atoms with E-state index in [1.807, 2.05) is 12.1 Å². The SMILES string of the molecule is CC1(C)C(NC(=O)c2ccc(N3CCC(CN4CC5CC(C4)N5c4ccc5c(c4)C(=O)N(C4CCC(=O)NC4=O)C5=O)CC3)nn2)C(C)(C)C1Oc1ccc(C#N)c(Cl)c1. The summed E-state index contributed by atoms with van der Waals surface area (Å²) in [7, 11) is 0. The number of hydrogen-bond donors (Lipinski definition) is 2. The molecule has 6 fully saturated rings. The molecule has 10 rings (SSSR count). The normalized spacial score (nSPS) is 27.1. The number of nitrogens with one attached hydrogen (secondary N) is 2. The summed E-state index contributed by atoms with van der Waals surface area (Å²) in [5, 5.41) is 23.8. The van der Waals surface area contributed by atoms with Crippen molar-refractivity contribution >= 4 is 52.6 Å². The van der Waals surface area contributed by atoms with Gasteiger partial charge in [0.25, 0.3) is 17.7 Å². The Morgan fingerprint density at radius 1 is 0.933 bits per heavy atom. The second kappa shape index (κ2) is 14.8. The Bertz CT molecular complexity index is 2310. The highest BCUT2D eigenvalue weighted by molar-refractivity contribution is 6.31. The number of piperidine rings is 3. The molecule has 312 valence electrons. The van der Waals surface area contributed by atoms with E-state index in [0.29, 0.717) is 45.5 Å². The lowest BCUT2D eigenvalue weighted by Crippen LogP contribution is -2.74. The molecular formula is C44H48ClN9O6. The van der Waals surface area contributed by atoms with Gasteiger partial charge in [0.05, 0.1) is 21.7 Å². The zero-order valence-corrected chi connectivity index (χ0v) is 34.9. The molecule has 5 amide bonds. The first-order chi connectivity index (χ1) is 28.6. The minimum Gasteiger partial charge on any atom is -0.489 e. The maximum atomic E-state index is 13.4. The Morgan fingerprint density at radius 2 is 1.65 bits per heavy atom. The van der Waals surface area contributed by atoms with E-state index in [2.05, 4.69) is 69.3 Å². The van der Waals surface area contributed by atoms with Crippen molar-refractivity contribution in [2.45, 2.75) is 90.1 Å². The minimum absolute atomic E-state index is 0.0882. The van der Waals surface area contributed by atoms with Crippen LogP contribution < -0.4 is 25.2 Å². The zero-order chi connectivity index (χ0) is 42.2. The van der Waals surface area contributed by atoms with Gasteiger partial charge in [-0.15, -0.1) is 10.2 Å². The van der Waals surface area contributed by atoms with Crippen molar-refractivity contribution in [3.63, 3.8) is 0 Å². The molecule has 3 atom stereocenters. The van der Waals surface area contributed by atoms with Crippen LogP contribution in [0.3, 0.4) is 0 Å². The third-order valence-electron chi connectivity index (χ3n) is 13.8. The van der Waals surface area contributed by atoms with Gasteiger partial charge in [-0.2, -0.15) is 5.26 Å². The fourth-order valence-corrected chi connectivity index (χ4v) is 11.2. The number of amides is 5. The highest BCUT2D eigenvalue weighted by Gasteiger charge is 2.64. The Morgan fingerprint density at radius 3 is 2.30 bits per heavy atom. The third-order valence-corrected chi connectivity index (χ3v) is 14.1. The molecule has 1 aliphatic carbocycles. The van der Waals surface area contributed by atoms with Crippen LogP contribution in [0.2, 0.25) is 5.02 Å². The van der Waals surface area contributed by atoms with E-state index in [1.54, 1.807) is 36.4 Å². The summed E-state index contributed by atoms with van der Waals surface area (Å²) < 4.78 is 6.36. The average molecular weight is 834 g/mol. The average Bonchev–Trinajstić information content (AvgIpc) is 3.46. The first-order valence-corrected chi connectivity index (χ1v) is 21.1. The van der Waals surface area contributed by atoms with Crippen LogP contribution in [-0.2, 0) is 9.59 Å². The van der Waals surface area contributed by atoms with Crippen LogP contribution in [0, 0.1) is 28.1 Å². The second-order valence-electron chi connectivity index (χ2n) is 18.4. The third kappa shape index (κ3) is 6.74. The number of carbonyl (C=O) groups excluding carboxylic acids is 5. The second-order valence-corrected chi connectivity index (χ2v) is 18.8. The van der Waals surface area contributed by atoms with Gasteiger partial charge in [0, 0.05) is 79.9 Å². The number of nitriles is 1. The lowest BCUT2D eigenvalue weighted by atomic mass is 9.49. The molecule has 1 aromatic heterocycles. The molecule has 0 spiro atoms. The van der Waals surface area contributed by atoms with Crippen LogP contribution in [0.15, 0.2) is 48.5 Å². The number of halogens is 1. The molecule has 0 radical (unpaired) electrons. The smallest absolute Gasteiger partial charge is 0.272 e. The quantitative estimate of drug-likeness (QED) is 0.294. The van der Waals surface area contributed by atoms with E-state index in [9.17, 15) is 29.2 Å². The summed E-state index contributed by atoms with van der Waals surface area (Å²) in [6.07, 6.45) is 3.13. The molecule has 15 nitrogen and oxygen atoms in total. The topological polar surface area (TPSA) is 181 Å². The van der Waals surface area contributed by atoms with Gasteiger partial charge in [-0.25, -0.2) is 0 Å². The maximum absolute atomic E-state index is 13.4. The van der Waals surface area contributed by atoms with Crippen LogP contribution in [0.5, 0.6) is 5.75 Å². The number of ether oxygens (including phenoxy) is 1. The Balaban J connectivity index is 0.745. The number of rotatable bonds is 9. The molecule has 2 aromatic carbocycles. The van der Waals surface area contributed by atoms with E-state index in [-0.39, 0.29) is 36.6 Å². The van der Waals surface area contributed by atoms with Crippen molar-refractivity contribution in [1.29, 1.82) is 5.26 Å². The van der Waals surface area contributed by atoms with Crippen LogP contribution in [0.4, 0.5) is 11.5 Å². The molecule has 2 bridgehead atoms. The van der Waals surface area contributed by atoms with E-state index in [0.717, 1.165) is 68.4 Å². The predicted molar refractivity (Wildman–Crippen MR) is 221 cm³/mol. The molecule has 3 unspecified atom stereocenters. The van der Waals surface area contributed by atoms with Crippen molar-refractivity contribution in [1.82, 2.24) is 30.6 Å². The van der Waals surface area contributed by atoms with Gasteiger partial charge in [0.15, 0.2) is 11.5 Å². The molecule has 6 aliphatic heterocycles. The van der Waals surface area contributed by atoms with E-state index in [1.165, 1.54) is 0 Å². The monoisotopic (exact) mass is 833 g/mol. The lowest BCUT2D eigenvalue weighted by molar-refractivity contribution is -0.164. The van der Waals surface area contributed by atoms with Crippen molar-refractivity contribution < 1.29 is 28.7 Å². The summed E-state index contributed by atoms with van der Waals surface area (Å²) in [5.41, 5.74) is 1.37. The number of fused-ring (bicyclic) bond motifs is 3. The summed E-state index contributed by atoms with van der Waals surface area (Å²) in [6.45, 7) is 12.8. The minimum atomic E-state index is -0.978. The molecule has 2 N–H and O–H groups in total. The number of carbonyl (C=O) groups is 5. The van der Waals surface area contributed by atoms with E-state index >= 15 is 0 Å². The number of piperazine rings is 1. The number of imide groups is 2. The lowest BCUT2D eigenvalue weighted by Gasteiger charge is -2.63. The fourth-order valence-electron chi connectivity index (χ4n) is 11.0. The van der Waals surface area contributed by atoms with Crippen LogP contribution in [0.25, 0.3) is 0 Å². The zero-order valence-electron chi connectivity index (χ0n) is 34.1. The largest absolute Gasteiger partial charge is 0.489 e. The summed E-state index contributed by atoms with van der Waals surface area (Å²) >= 11 is 6.25. The van der Waals surface area contributed by atoms with Gasteiger partial charge < -0.3 is 19.9 Å². The highest BCUT2D eigenvalue weighted by atomic mass is 35.5. The van der Waals surface area contributed by atoms with Gasteiger partial charge in [-0.3, -0.25) is 39.1 Å². The first-order valence-electron chi connectivity index (χ1n) is 20.8. The Kier molecular flexibility index (Phi) is 9.86. The first kappa shape index (κ1) is 39.8. The van der Waals surface area contributed by atoms with Crippen molar-refractivity contribution in [2.75, 3.05) is 42.5 Å². The van der Waals surface area contributed by atoms with Gasteiger partial charge in [0.1, 0.15) is 24.0 Å². The van der Waals surface area contributed by atoms with Crippen molar-refractivity contribution in [3.8, 4) is 11.8 Å². The van der Waals surface area contributed by atoms with E-state index in [4.69, 9.17) is 16.3 Å². The maximum Gasteiger partial charge on any atom is 0.272 e. The van der Waals surface area contributed by atoms with Crippen molar-refractivity contribution in [3.05, 3.63) is 75.9 Å². The molecular weight excluding hydrogens is 786 g/mol. The van der Waals surface area contributed by atoms with Gasteiger partial charge >= 0.3 is 0 Å². The molecule has 1 saturated carbocycles. The molecule has 7 heterocycles. The Hall–Kier alpha value is -5.59. The number of aromatic nitrogens is 2. The van der Waals surface area contributed by atoms with Gasteiger partial charge in [0.2, 0.25) is 11.8 Å². The number of hydrogen-bond acceptors (Lipinski definition) is 12. The van der Waals surface area contributed by atoms with Crippen LogP contribution >= 0.6 is 11.6 Å². The summed E-state index contributed by atoms with van der Waals surface area (Å²) in [4.78, 5) is 72.4. The number of nitrogens with zero attached hydrogens (tertiary/aromatic N) is 7. The summed E-state index contributed by atoms with van der Waals surface area (Å²) in [6, 6.07) is 15.6. The van der Waals surface area contributed by atoms with Gasteiger partial charge in [-0.05, 0) is 74.1 Å². The molecule has 16 heteroatoms. The fraction of sp³-hybridized carbons (Fsp3) is 0.500. The standard InChI is InChI=1S/C44H48ClN9O6/c1-43(2)41(44(3,4)42(43)60-29-7-5-25(20-46)32(45)19-29)48-37(56)33-9-11-35(50-49-33)52-15-13-24(14-16-52)21-51-22-27-17-28(23-51)53(27)26-6-8-30-31(18-26)40(59)54(39(30)58)34-10-12-36(55)47-38(34)57/h5-9,11,18-19,24,27-28,34,41-42H,10,12-17,21-23H2,1-4H3,(H,48,56)(H,47,55,57). The highest BCUT2D eigenvalue weighted by Crippen LogP contribution is 2.55.